The summed E-state index contributed by atoms with van der Waals surface area (Å²) in [5.74, 6) is -0.214. The Labute approximate surface area is 180 Å². The fourth-order valence-electron chi connectivity index (χ4n) is 3.11. The molecule has 8 heteroatoms. The number of ketones is 1. The van der Waals surface area contributed by atoms with Crippen LogP contribution in [0.2, 0.25) is 10.0 Å². The van der Waals surface area contributed by atoms with Gasteiger partial charge in [0, 0.05) is 16.5 Å². The minimum atomic E-state index is -0.305. The molecule has 142 valence electrons. The quantitative estimate of drug-likeness (QED) is 0.408. The van der Waals surface area contributed by atoms with Crippen LogP contribution in [0.1, 0.15) is 20.8 Å². The molecule has 0 saturated carbocycles. The highest BCUT2D eigenvalue weighted by Crippen LogP contribution is 2.43. The van der Waals surface area contributed by atoms with Gasteiger partial charge in [-0.05, 0) is 23.8 Å². The van der Waals surface area contributed by atoms with Crippen LogP contribution < -0.4 is 11.5 Å². The summed E-state index contributed by atoms with van der Waals surface area (Å²) in [6.07, 6.45) is 0. The molecule has 0 aliphatic carbocycles. The molecule has 2 heterocycles. The zero-order chi connectivity index (χ0) is 20.7. The highest BCUT2D eigenvalue weighted by Gasteiger charge is 2.25. The lowest BCUT2D eigenvalue weighted by atomic mass is 9.97. The molecule has 2 aromatic heterocycles. The number of aromatic nitrogens is 1. The molecular formula is C21H12Cl2N4OS. The van der Waals surface area contributed by atoms with Crippen LogP contribution in [0.3, 0.4) is 0 Å². The van der Waals surface area contributed by atoms with Gasteiger partial charge in [0.2, 0.25) is 5.78 Å². The third-order valence-corrected chi connectivity index (χ3v) is 6.30. The second-order valence-electron chi connectivity index (χ2n) is 6.21. The van der Waals surface area contributed by atoms with Crippen molar-refractivity contribution in [1.29, 1.82) is 5.26 Å². The van der Waals surface area contributed by atoms with Crippen molar-refractivity contribution in [3.63, 3.8) is 0 Å². The highest BCUT2D eigenvalue weighted by atomic mass is 35.5. The number of fused-ring (bicyclic) bond motifs is 1. The molecule has 5 nitrogen and oxygen atoms in total. The number of nitriles is 1. The van der Waals surface area contributed by atoms with Crippen molar-refractivity contribution in [3.8, 4) is 17.2 Å². The summed E-state index contributed by atoms with van der Waals surface area (Å²) < 4.78 is 0. The number of carbonyl (C=O) groups excluding carboxylic acids is 1. The fourth-order valence-corrected chi connectivity index (χ4v) is 4.49. The number of halogens is 2. The first-order valence-electron chi connectivity index (χ1n) is 8.39. The molecule has 4 aromatic rings. The first kappa shape index (κ1) is 19.2. The summed E-state index contributed by atoms with van der Waals surface area (Å²) in [6, 6.07) is 16.0. The predicted molar refractivity (Wildman–Crippen MR) is 118 cm³/mol. The molecule has 0 amide bonds. The Kier molecular flexibility index (Phi) is 4.89. The van der Waals surface area contributed by atoms with Crippen molar-refractivity contribution in [2.75, 3.05) is 11.5 Å². The van der Waals surface area contributed by atoms with E-state index in [2.05, 4.69) is 11.1 Å². The number of anilines is 2. The molecule has 0 fully saturated rings. The van der Waals surface area contributed by atoms with E-state index >= 15 is 0 Å². The van der Waals surface area contributed by atoms with Gasteiger partial charge >= 0.3 is 0 Å². The molecule has 0 radical (unpaired) electrons. The monoisotopic (exact) mass is 438 g/mol. The van der Waals surface area contributed by atoms with Crippen LogP contribution in [0.4, 0.5) is 11.5 Å². The zero-order valence-corrected chi connectivity index (χ0v) is 17.1. The van der Waals surface area contributed by atoms with Gasteiger partial charge in [0.15, 0.2) is 0 Å². The minimum absolute atomic E-state index is 0.0913. The van der Waals surface area contributed by atoms with Crippen molar-refractivity contribution in [3.05, 3.63) is 74.6 Å². The van der Waals surface area contributed by atoms with Crippen LogP contribution in [0, 0.1) is 11.3 Å². The van der Waals surface area contributed by atoms with Crippen molar-refractivity contribution in [2.24, 2.45) is 0 Å². The second-order valence-corrected chi connectivity index (χ2v) is 8.02. The van der Waals surface area contributed by atoms with Gasteiger partial charge in [-0.2, -0.15) is 5.26 Å². The Balaban J connectivity index is 2.00. The lowest BCUT2D eigenvalue weighted by Crippen LogP contribution is -2.03. The van der Waals surface area contributed by atoms with E-state index in [4.69, 9.17) is 34.7 Å². The van der Waals surface area contributed by atoms with Crippen molar-refractivity contribution in [1.82, 2.24) is 4.98 Å². The third-order valence-electron chi connectivity index (χ3n) is 4.47. The van der Waals surface area contributed by atoms with Crippen LogP contribution in [0.5, 0.6) is 0 Å². The van der Waals surface area contributed by atoms with Crippen LogP contribution in [0.25, 0.3) is 21.3 Å². The van der Waals surface area contributed by atoms with Gasteiger partial charge in [-0.1, -0.05) is 53.5 Å². The van der Waals surface area contributed by atoms with Gasteiger partial charge in [-0.15, -0.1) is 11.3 Å². The lowest BCUT2D eigenvalue weighted by Gasteiger charge is -2.09. The smallest absolute Gasteiger partial charge is 0.205 e. The summed E-state index contributed by atoms with van der Waals surface area (Å²) in [4.78, 5) is 18.2. The number of nitrogens with zero attached hydrogens (tertiary/aromatic N) is 2. The molecule has 29 heavy (non-hydrogen) atoms. The van der Waals surface area contributed by atoms with E-state index in [0.717, 1.165) is 16.9 Å². The van der Waals surface area contributed by atoms with E-state index in [1.54, 1.807) is 12.1 Å². The van der Waals surface area contributed by atoms with E-state index in [1.807, 2.05) is 30.3 Å². The van der Waals surface area contributed by atoms with Gasteiger partial charge in [0.25, 0.3) is 0 Å². The zero-order valence-electron chi connectivity index (χ0n) is 14.7. The Morgan fingerprint density at radius 3 is 2.45 bits per heavy atom. The summed E-state index contributed by atoms with van der Waals surface area (Å²) in [7, 11) is 0. The topological polar surface area (TPSA) is 106 Å². The molecule has 0 aliphatic heterocycles. The fraction of sp³-hybridized carbons (Fsp3) is 0. The van der Waals surface area contributed by atoms with E-state index in [9.17, 15) is 10.1 Å². The van der Waals surface area contributed by atoms with Gasteiger partial charge in [-0.25, -0.2) is 4.98 Å². The van der Waals surface area contributed by atoms with Gasteiger partial charge in [0.05, 0.1) is 15.7 Å². The number of thiophene rings is 1. The Bertz CT molecular complexity index is 1330. The van der Waals surface area contributed by atoms with E-state index < -0.39 is 0 Å². The van der Waals surface area contributed by atoms with Gasteiger partial charge in [0.1, 0.15) is 27.2 Å². The average molecular weight is 439 g/mol. The summed E-state index contributed by atoms with van der Waals surface area (Å²) in [6.45, 7) is 0. The normalized spacial score (nSPS) is 10.8. The van der Waals surface area contributed by atoms with Crippen molar-refractivity contribution in [2.45, 2.75) is 0 Å². The maximum atomic E-state index is 13.1. The molecule has 2 aromatic carbocycles. The molecule has 0 spiro atoms. The number of hydrogen-bond donors (Lipinski definition) is 2. The largest absolute Gasteiger partial charge is 0.397 e. The molecule has 0 aliphatic rings. The molecule has 0 bridgehead atoms. The Hall–Kier alpha value is -3.11. The van der Waals surface area contributed by atoms with E-state index in [1.165, 1.54) is 6.07 Å². The standard InChI is InChI=1S/C21H12Cl2N4OS/c22-13-7-6-11(8-14(13)23)18(28)19-17(25)16-15(10-4-2-1-3-5-10)12(9-24)20(26)27-21(16)29-19/h1-8H,25H2,(H2,26,27). The molecule has 0 unspecified atom stereocenters. The lowest BCUT2D eigenvalue weighted by molar-refractivity contribution is 0.104. The van der Waals surface area contributed by atoms with Gasteiger partial charge in [-0.3, -0.25) is 4.79 Å². The van der Waals surface area contributed by atoms with Crippen LogP contribution >= 0.6 is 34.5 Å². The minimum Gasteiger partial charge on any atom is -0.397 e. The summed E-state index contributed by atoms with van der Waals surface area (Å²) >= 11 is 13.1. The van der Waals surface area contributed by atoms with Crippen LogP contribution in [-0.4, -0.2) is 10.8 Å². The number of rotatable bonds is 3. The van der Waals surface area contributed by atoms with Gasteiger partial charge < -0.3 is 11.5 Å². The van der Waals surface area contributed by atoms with Crippen molar-refractivity contribution < 1.29 is 4.79 Å². The number of carbonyl (C=O) groups is 1. The maximum Gasteiger partial charge on any atom is 0.205 e. The van der Waals surface area contributed by atoms with Crippen LogP contribution in [0.15, 0.2) is 48.5 Å². The molecule has 0 saturated heterocycles. The Morgan fingerprint density at radius 2 is 1.79 bits per heavy atom. The number of nitrogens with two attached hydrogens (primary N) is 2. The number of pyridine rings is 1. The maximum absolute atomic E-state index is 13.1. The average Bonchev–Trinajstić information content (AvgIpc) is 3.05. The van der Waals surface area contributed by atoms with E-state index in [0.29, 0.717) is 31.2 Å². The van der Waals surface area contributed by atoms with Crippen molar-refractivity contribution >= 4 is 62.0 Å². The predicted octanol–water partition coefficient (Wildman–Crippen LogP) is 5.54. The highest BCUT2D eigenvalue weighted by molar-refractivity contribution is 7.21. The second kappa shape index (κ2) is 7.37. The van der Waals surface area contributed by atoms with Crippen LogP contribution in [-0.2, 0) is 0 Å². The third kappa shape index (κ3) is 3.19. The van der Waals surface area contributed by atoms with E-state index in [-0.39, 0.29) is 27.9 Å². The number of benzene rings is 2. The summed E-state index contributed by atoms with van der Waals surface area (Å²) in [5, 5.41) is 10.8. The Morgan fingerprint density at radius 1 is 1.07 bits per heavy atom. The number of hydrogen-bond acceptors (Lipinski definition) is 6. The first-order valence-corrected chi connectivity index (χ1v) is 9.96. The molecular weight excluding hydrogens is 427 g/mol. The molecule has 4 N–H and O–H groups in total. The SMILES string of the molecule is N#Cc1c(N)nc2sc(C(=O)c3ccc(Cl)c(Cl)c3)c(N)c2c1-c1ccccc1. The summed E-state index contributed by atoms with van der Waals surface area (Å²) in [5.41, 5.74) is 14.6. The number of nitrogen functional groups attached to an aromatic ring is 2. The first-order chi connectivity index (χ1) is 13.9. The molecule has 4 rings (SSSR count). The molecule has 0 atom stereocenters.